The van der Waals surface area contributed by atoms with Gasteiger partial charge in [-0.2, -0.15) is 0 Å². The highest BCUT2D eigenvalue weighted by Gasteiger charge is 2.33. The van der Waals surface area contributed by atoms with Crippen molar-refractivity contribution in [3.05, 3.63) is 36.0 Å². The molecule has 1 fully saturated rings. The number of rotatable bonds is 4. The first-order valence-electron chi connectivity index (χ1n) is 7.57. The van der Waals surface area contributed by atoms with E-state index in [0.717, 1.165) is 18.5 Å². The van der Waals surface area contributed by atoms with Gasteiger partial charge in [0.1, 0.15) is 11.7 Å². The molecule has 22 heavy (non-hydrogen) atoms. The predicted octanol–water partition coefficient (Wildman–Crippen LogP) is 1.77. The smallest absolute Gasteiger partial charge is 0.317 e. The van der Waals surface area contributed by atoms with Gasteiger partial charge in [0, 0.05) is 43.2 Å². The number of aromatic amines is 1. The molecule has 1 aromatic carbocycles. The Bertz CT molecular complexity index is 684. The lowest BCUT2D eigenvalue weighted by Gasteiger charge is -2.30. The summed E-state index contributed by atoms with van der Waals surface area (Å²) >= 11 is 0. The maximum atomic E-state index is 11.8. The molecule has 0 amide bonds. The number of ketones is 1. The first kappa shape index (κ1) is 14.8. The topological polar surface area (TPSA) is 62.4 Å². The summed E-state index contributed by atoms with van der Waals surface area (Å²) in [5.41, 5.74) is 2.40. The molecule has 116 valence electrons. The minimum absolute atomic E-state index is 0.00445. The molecule has 5 nitrogen and oxygen atoms in total. The molecule has 0 bridgehead atoms. The van der Waals surface area contributed by atoms with Crippen molar-refractivity contribution >= 4 is 22.7 Å². The highest BCUT2D eigenvalue weighted by Crippen LogP contribution is 2.20. The van der Waals surface area contributed by atoms with Crippen LogP contribution in [-0.2, 0) is 20.7 Å². The van der Waals surface area contributed by atoms with E-state index in [4.69, 9.17) is 4.74 Å². The van der Waals surface area contributed by atoms with Crippen LogP contribution < -0.4 is 0 Å². The van der Waals surface area contributed by atoms with E-state index in [0.29, 0.717) is 19.5 Å². The van der Waals surface area contributed by atoms with Gasteiger partial charge < -0.3 is 14.6 Å². The third-order valence-corrected chi connectivity index (χ3v) is 4.36. The lowest BCUT2D eigenvalue weighted by atomic mass is 9.96. The van der Waals surface area contributed by atoms with Crippen LogP contribution in [0, 0.1) is 5.92 Å². The van der Waals surface area contributed by atoms with Gasteiger partial charge in [-0.1, -0.05) is 18.2 Å². The van der Waals surface area contributed by atoms with Crippen LogP contribution >= 0.6 is 0 Å². The predicted molar refractivity (Wildman–Crippen MR) is 83.6 cm³/mol. The molecule has 0 saturated carbocycles. The van der Waals surface area contributed by atoms with Crippen LogP contribution in [0.3, 0.4) is 0 Å². The molecule has 2 aromatic rings. The molecule has 1 saturated heterocycles. The molecule has 0 spiro atoms. The average molecular weight is 300 g/mol. The average Bonchev–Trinajstić information content (AvgIpc) is 2.96. The van der Waals surface area contributed by atoms with Gasteiger partial charge in [-0.15, -0.1) is 0 Å². The third-order valence-electron chi connectivity index (χ3n) is 4.36. The lowest BCUT2D eigenvalue weighted by molar-refractivity contribution is -0.151. The summed E-state index contributed by atoms with van der Waals surface area (Å²) in [6.45, 7) is 2.02. The number of carbonyl (C=O) groups excluding carboxylic acids is 2. The van der Waals surface area contributed by atoms with Crippen molar-refractivity contribution < 1.29 is 14.3 Å². The summed E-state index contributed by atoms with van der Waals surface area (Å²) in [6, 6.07) is 8.22. The lowest BCUT2D eigenvalue weighted by Crippen LogP contribution is -2.45. The second kappa shape index (κ2) is 6.32. The quantitative estimate of drug-likeness (QED) is 0.690. The number of esters is 1. The molecule has 1 atom stereocenters. The van der Waals surface area contributed by atoms with Crippen molar-refractivity contribution in [3.63, 3.8) is 0 Å². The van der Waals surface area contributed by atoms with Crippen molar-refractivity contribution in [2.45, 2.75) is 12.8 Å². The minimum atomic E-state index is -0.623. The second-order valence-corrected chi connectivity index (χ2v) is 5.70. The summed E-state index contributed by atoms with van der Waals surface area (Å²) in [5, 5.41) is 1.24. The number of Topliss-reactive ketones (excluding diaryl/α,β-unsaturated/α-hetero) is 1. The monoisotopic (exact) mass is 300 g/mol. The van der Waals surface area contributed by atoms with Gasteiger partial charge in [0.05, 0.1) is 7.11 Å². The molecule has 1 aromatic heterocycles. The Morgan fingerprint density at radius 1 is 1.41 bits per heavy atom. The first-order chi connectivity index (χ1) is 10.7. The van der Waals surface area contributed by atoms with Crippen LogP contribution in [0.5, 0.6) is 0 Å². The zero-order chi connectivity index (χ0) is 15.5. The van der Waals surface area contributed by atoms with Crippen molar-refractivity contribution in [2.24, 2.45) is 5.92 Å². The fourth-order valence-corrected chi connectivity index (χ4v) is 3.06. The molecular weight excluding hydrogens is 280 g/mol. The number of likely N-dealkylation sites (tertiary alicyclic amines) is 1. The van der Waals surface area contributed by atoms with Crippen LogP contribution in [0.25, 0.3) is 10.9 Å². The number of hydrogen-bond donors (Lipinski definition) is 1. The van der Waals surface area contributed by atoms with Crippen LogP contribution in [0.1, 0.15) is 12.0 Å². The number of carbonyl (C=O) groups is 2. The Hall–Kier alpha value is -2.14. The molecule has 0 radical (unpaired) electrons. The van der Waals surface area contributed by atoms with E-state index in [1.54, 1.807) is 0 Å². The molecule has 1 unspecified atom stereocenters. The summed E-state index contributed by atoms with van der Waals surface area (Å²) in [6.07, 6.45) is 3.36. The van der Waals surface area contributed by atoms with E-state index < -0.39 is 11.9 Å². The van der Waals surface area contributed by atoms with Gasteiger partial charge in [-0.3, -0.25) is 9.59 Å². The fraction of sp³-hybridized carbons (Fsp3) is 0.412. The van der Waals surface area contributed by atoms with Gasteiger partial charge in [0.2, 0.25) is 0 Å². The summed E-state index contributed by atoms with van der Waals surface area (Å²) in [7, 11) is 1.33. The Morgan fingerprint density at radius 3 is 3.05 bits per heavy atom. The van der Waals surface area contributed by atoms with Crippen molar-refractivity contribution in [1.29, 1.82) is 0 Å². The number of para-hydroxylation sites is 1. The number of piperidine rings is 1. The highest BCUT2D eigenvalue weighted by atomic mass is 16.5. The minimum Gasteiger partial charge on any atom is -0.468 e. The zero-order valence-electron chi connectivity index (χ0n) is 12.7. The Labute approximate surface area is 129 Å². The number of benzene rings is 1. The number of fused-ring (bicyclic) bond motifs is 1. The molecule has 3 rings (SSSR count). The van der Waals surface area contributed by atoms with Gasteiger partial charge in [-0.25, -0.2) is 0 Å². The van der Waals surface area contributed by atoms with E-state index in [1.807, 2.05) is 18.3 Å². The van der Waals surface area contributed by atoms with Crippen LogP contribution in [0.2, 0.25) is 0 Å². The Balaban J connectivity index is 1.64. The molecule has 1 N–H and O–H groups in total. The van der Waals surface area contributed by atoms with Gasteiger partial charge in [0.25, 0.3) is 0 Å². The molecule has 5 heteroatoms. The summed E-state index contributed by atoms with van der Waals surface area (Å²) in [4.78, 5) is 28.9. The van der Waals surface area contributed by atoms with Crippen molar-refractivity contribution in [3.8, 4) is 0 Å². The van der Waals surface area contributed by atoms with Gasteiger partial charge >= 0.3 is 5.97 Å². The summed E-state index contributed by atoms with van der Waals surface area (Å²) in [5.74, 6) is -1.04. The molecular formula is C17H20N2O3. The Kier molecular flexibility index (Phi) is 4.24. The molecule has 0 aliphatic carbocycles. The number of ether oxygens (including phenoxy) is 1. The number of methoxy groups -OCH3 is 1. The van der Waals surface area contributed by atoms with Crippen molar-refractivity contribution in [1.82, 2.24) is 9.88 Å². The molecule has 2 heterocycles. The van der Waals surface area contributed by atoms with E-state index in [-0.39, 0.29) is 5.78 Å². The maximum Gasteiger partial charge on any atom is 0.317 e. The number of H-pyrrole nitrogens is 1. The largest absolute Gasteiger partial charge is 0.468 e. The second-order valence-electron chi connectivity index (χ2n) is 5.70. The zero-order valence-corrected chi connectivity index (χ0v) is 12.7. The fourth-order valence-electron chi connectivity index (χ4n) is 3.06. The van der Waals surface area contributed by atoms with Crippen LogP contribution in [-0.4, -0.2) is 48.4 Å². The summed E-state index contributed by atoms with van der Waals surface area (Å²) < 4.78 is 4.73. The number of nitrogens with zero attached hydrogens (tertiary/aromatic N) is 1. The molecule has 1 aliphatic heterocycles. The Morgan fingerprint density at radius 2 is 2.23 bits per heavy atom. The van der Waals surface area contributed by atoms with Gasteiger partial charge in [-0.05, 0) is 18.1 Å². The first-order valence-corrected chi connectivity index (χ1v) is 7.57. The molecule has 1 aliphatic rings. The number of nitrogens with one attached hydrogen (secondary N) is 1. The number of hydrogen-bond acceptors (Lipinski definition) is 4. The highest BCUT2D eigenvalue weighted by molar-refractivity contribution is 5.99. The van der Waals surface area contributed by atoms with E-state index in [1.165, 1.54) is 18.1 Å². The standard InChI is InChI=1S/C17H20N2O3/c1-22-17(21)14-11-19(9-7-16(14)20)8-6-12-10-18-15-5-3-2-4-13(12)15/h2-5,10,14,18H,6-9,11H2,1H3. The van der Waals surface area contributed by atoms with E-state index in [9.17, 15) is 9.59 Å². The van der Waals surface area contributed by atoms with Gasteiger partial charge in [0.15, 0.2) is 0 Å². The van der Waals surface area contributed by atoms with Crippen LogP contribution in [0.15, 0.2) is 30.5 Å². The maximum absolute atomic E-state index is 11.8. The third kappa shape index (κ3) is 2.90. The van der Waals surface area contributed by atoms with Crippen LogP contribution in [0.4, 0.5) is 0 Å². The van der Waals surface area contributed by atoms with Crippen molar-refractivity contribution in [2.75, 3.05) is 26.7 Å². The van der Waals surface area contributed by atoms with E-state index in [2.05, 4.69) is 22.0 Å². The normalized spacial score (nSPS) is 19.5. The van der Waals surface area contributed by atoms with E-state index >= 15 is 0 Å². The SMILES string of the molecule is COC(=O)C1CN(CCc2c[nH]c3ccccc23)CCC1=O. The number of aromatic nitrogens is 1.